The maximum Gasteiger partial charge on any atom is 0.261 e. The molecule has 2 N–H and O–H groups in total. The third kappa shape index (κ3) is 6.15. The van der Waals surface area contributed by atoms with Gasteiger partial charge in [0, 0.05) is 10.0 Å². The lowest BCUT2D eigenvalue weighted by Gasteiger charge is -2.10. The van der Waals surface area contributed by atoms with Crippen LogP contribution in [0.5, 0.6) is 5.75 Å². The van der Waals surface area contributed by atoms with Gasteiger partial charge in [0.05, 0.1) is 23.4 Å². The van der Waals surface area contributed by atoms with Crippen molar-refractivity contribution in [2.24, 2.45) is 0 Å². The smallest absolute Gasteiger partial charge is 0.261 e. The van der Waals surface area contributed by atoms with Gasteiger partial charge >= 0.3 is 0 Å². The van der Waals surface area contributed by atoms with Gasteiger partial charge in [-0.05, 0) is 54.6 Å². The van der Waals surface area contributed by atoms with E-state index in [-0.39, 0.29) is 29.6 Å². The second-order valence-electron chi connectivity index (χ2n) is 5.88. The van der Waals surface area contributed by atoms with Gasteiger partial charge in [0.15, 0.2) is 6.61 Å². The summed E-state index contributed by atoms with van der Waals surface area (Å²) in [5, 5.41) is 3.26. The van der Waals surface area contributed by atoms with Crippen molar-refractivity contribution in [3.05, 3.63) is 76.7 Å². The van der Waals surface area contributed by atoms with Crippen LogP contribution in [0.2, 0.25) is 10.0 Å². The van der Waals surface area contributed by atoms with E-state index in [4.69, 9.17) is 32.4 Å². The normalized spacial score (nSPS) is 11.1. The topological polar surface area (TPSA) is 97.6 Å². The number of anilines is 1. The second kappa shape index (κ2) is 9.21. The quantitative estimate of drug-likeness (QED) is 0.534. The highest BCUT2D eigenvalue weighted by Gasteiger charge is 2.15. The molecule has 1 heterocycles. The summed E-state index contributed by atoms with van der Waals surface area (Å²) in [5.41, 5.74) is 0.246. The molecule has 29 heavy (non-hydrogen) atoms. The highest BCUT2D eigenvalue weighted by atomic mass is 35.5. The molecule has 0 fully saturated rings. The van der Waals surface area contributed by atoms with Crippen molar-refractivity contribution < 1.29 is 22.4 Å². The lowest BCUT2D eigenvalue weighted by Crippen LogP contribution is -2.28. The standard InChI is InChI=1S/C19H16Cl2N2O5S/c20-13-8-14(21)10-15(9-13)23-29(25,26)18-5-3-16(4-6-18)28-12-19(24)22-11-17-2-1-7-27-17/h1-10,23H,11-12H2,(H,22,24). The molecule has 152 valence electrons. The van der Waals surface area contributed by atoms with Crippen LogP contribution in [0, 0.1) is 0 Å². The van der Waals surface area contributed by atoms with E-state index in [2.05, 4.69) is 10.0 Å². The zero-order valence-corrected chi connectivity index (χ0v) is 17.2. The van der Waals surface area contributed by atoms with Crippen molar-refractivity contribution >= 4 is 44.8 Å². The molecule has 3 aromatic rings. The Morgan fingerprint density at radius 1 is 1.03 bits per heavy atom. The third-order valence-corrected chi connectivity index (χ3v) is 5.49. The first-order chi connectivity index (χ1) is 13.8. The van der Waals surface area contributed by atoms with Gasteiger partial charge in [-0.1, -0.05) is 23.2 Å². The minimum atomic E-state index is -3.84. The Hall–Kier alpha value is -2.68. The number of hydrogen-bond donors (Lipinski definition) is 2. The fourth-order valence-electron chi connectivity index (χ4n) is 2.34. The van der Waals surface area contributed by atoms with Crippen molar-refractivity contribution in [1.29, 1.82) is 0 Å². The predicted octanol–water partition coefficient (Wildman–Crippen LogP) is 4.08. The number of nitrogens with one attached hydrogen (secondary N) is 2. The van der Waals surface area contributed by atoms with Crippen LogP contribution >= 0.6 is 23.2 Å². The number of rotatable bonds is 8. The summed E-state index contributed by atoms with van der Waals surface area (Å²) in [4.78, 5) is 11.8. The van der Waals surface area contributed by atoms with Crippen LogP contribution in [0.25, 0.3) is 0 Å². The number of benzene rings is 2. The fraction of sp³-hybridized carbons (Fsp3) is 0.105. The van der Waals surface area contributed by atoms with Crippen LogP contribution < -0.4 is 14.8 Å². The van der Waals surface area contributed by atoms with Gasteiger partial charge in [-0.2, -0.15) is 0 Å². The number of furan rings is 1. The number of halogens is 2. The molecule has 0 radical (unpaired) electrons. The zero-order chi connectivity index (χ0) is 20.9. The van der Waals surface area contributed by atoms with E-state index >= 15 is 0 Å². The number of carbonyl (C=O) groups excluding carboxylic acids is 1. The summed E-state index contributed by atoms with van der Waals surface area (Å²) in [7, 11) is -3.84. The fourth-order valence-corrected chi connectivity index (χ4v) is 3.91. The first-order valence-corrected chi connectivity index (χ1v) is 10.6. The van der Waals surface area contributed by atoms with Gasteiger partial charge in [-0.15, -0.1) is 0 Å². The van der Waals surface area contributed by atoms with Crippen molar-refractivity contribution in [2.45, 2.75) is 11.4 Å². The molecule has 0 atom stereocenters. The SMILES string of the molecule is O=C(COc1ccc(S(=O)(=O)Nc2cc(Cl)cc(Cl)c2)cc1)NCc1ccco1. The lowest BCUT2D eigenvalue weighted by molar-refractivity contribution is -0.123. The molecular weight excluding hydrogens is 439 g/mol. The molecule has 0 aliphatic carbocycles. The molecule has 3 rings (SSSR count). The van der Waals surface area contributed by atoms with Gasteiger partial charge in [0.25, 0.3) is 15.9 Å². The minimum Gasteiger partial charge on any atom is -0.484 e. The molecule has 0 unspecified atom stereocenters. The van der Waals surface area contributed by atoms with Crippen LogP contribution in [-0.4, -0.2) is 20.9 Å². The number of amides is 1. The molecular formula is C19H16Cl2N2O5S. The highest BCUT2D eigenvalue weighted by molar-refractivity contribution is 7.92. The summed E-state index contributed by atoms with van der Waals surface area (Å²) < 4.78 is 37.9. The first kappa shape index (κ1) is 21.0. The predicted molar refractivity (Wildman–Crippen MR) is 110 cm³/mol. The van der Waals surface area contributed by atoms with E-state index in [9.17, 15) is 13.2 Å². The molecule has 10 heteroatoms. The Kier molecular flexibility index (Phi) is 6.68. The van der Waals surface area contributed by atoms with E-state index in [1.54, 1.807) is 12.1 Å². The van der Waals surface area contributed by atoms with Gasteiger partial charge in [-0.25, -0.2) is 8.42 Å². The largest absolute Gasteiger partial charge is 0.484 e. The van der Waals surface area contributed by atoms with Gasteiger partial charge in [-0.3, -0.25) is 9.52 Å². The number of sulfonamides is 1. The van der Waals surface area contributed by atoms with E-state index in [0.717, 1.165) is 0 Å². The van der Waals surface area contributed by atoms with Gasteiger partial charge in [0.1, 0.15) is 11.5 Å². The number of ether oxygens (including phenoxy) is 1. The maximum atomic E-state index is 12.5. The zero-order valence-electron chi connectivity index (χ0n) is 14.9. The molecule has 1 amide bonds. The van der Waals surface area contributed by atoms with E-state index in [1.807, 2.05) is 0 Å². The monoisotopic (exact) mass is 454 g/mol. The lowest BCUT2D eigenvalue weighted by atomic mass is 10.3. The van der Waals surface area contributed by atoms with E-state index in [1.165, 1.54) is 48.7 Å². The molecule has 1 aromatic heterocycles. The van der Waals surface area contributed by atoms with Gasteiger partial charge in [0.2, 0.25) is 0 Å². The maximum absolute atomic E-state index is 12.5. The van der Waals surface area contributed by atoms with Crippen molar-refractivity contribution in [1.82, 2.24) is 5.32 Å². The Labute approximate surface area is 177 Å². The van der Waals surface area contributed by atoms with E-state index < -0.39 is 10.0 Å². The average Bonchev–Trinajstić information content (AvgIpc) is 3.17. The van der Waals surface area contributed by atoms with Gasteiger partial charge < -0.3 is 14.5 Å². The molecule has 2 aromatic carbocycles. The van der Waals surface area contributed by atoms with Crippen LogP contribution in [0.4, 0.5) is 5.69 Å². The molecule has 0 aliphatic rings. The number of carbonyl (C=O) groups is 1. The van der Waals surface area contributed by atoms with Crippen LogP contribution in [0.3, 0.4) is 0 Å². The third-order valence-electron chi connectivity index (χ3n) is 3.66. The molecule has 0 bridgehead atoms. The van der Waals surface area contributed by atoms with Crippen LogP contribution in [0.15, 0.2) is 70.2 Å². The van der Waals surface area contributed by atoms with E-state index in [0.29, 0.717) is 21.6 Å². The average molecular weight is 455 g/mol. The summed E-state index contributed by atoms with van der Waals surface area (Å²) in [6.45, 7) is 0.0393. The van der Waals surface area contributed by atoms with Crippen molar-refractivity contribution in [3.63, 3.8) is 0 Å². The number of hydrogen-bond acceptors (Lipinski definition) is 5. The Morgan fingerprint density at radius 2 is 1.72 bits per heavy atom. The summed E-state index contributed by atoms with van der Waals surface area (Å²) in [5.74, 6) is 0.641. The molecule has 0 saturated carbocycles. The van der Waals surface area contributed by atoms with Crippen LogP contribution in [-0.2, 0) is 21.4 Å². The Morgan fingerprint density at radius 3 is 2.34 bits per heavy atom. The summed E-state index contributed by atoms with van der Waals surface area (Å²) in [6, 6.07) is 13.5. The molecule has 0 aliphatic heterocycles. The summed E-state index contributed by atoms with van der Waals surface area (Å²) >= 11 is 11.8. The van der Waals surface area contributed by atoms with Crippen molar-refractivity contribution in [2.75, 3.05) is 11.3 Å². The highest BCUT2D eigenvalue weighted by Crippen LogP contribution is 2.25. The van der Waals surface area contributed by atoms with Crippen LogP contribution in [0.1, 0.15) is 5.76 Å². The Balaban J connectivity index is 1.56. The van der Waals surface area contributed by atoms with Crippen molar-refractivity contribution in [3.8, 4) is 5.75 Å². The molecule has 7 nitrogen and oxygen atoms in total. The first-order valence-electron chi connectivity index (χ1n) is 8.33. The molecule has 0 saturated heterocycles. The Bertz CT molecular complexity index is 1060. The minimum absolute atomic E-state index is 0.0169. The summed E-state index contributed by atoms with van der Waals surface area (Å²) in [6.07, 6.45) is 1.52. The second-order valence-corrected chi connectivity index (χ2v) is 8.44. The molecule has 0 spiro atoms.